The molecule has 0 aromatic rings. The van der Waals surface area contributed by atoms with E-state index < -0.39 is 23.8 Å². The number of fused-ring (bicyclic) bond motifs is 2. The van der Waals surface area contributed by atoms with Gasteiger partial charge in [0.2, 0.25) is 0 Å². The normalized spacial score (nSPS) is 43.5. The van der Waals surface area contributed by atoms with Gasteiger partial charge < -0.3 is 23.7 Å². The minimum absolute atomic E-state index is 0.0348. The lowest BCUT2D eigenvalue weighted by Crippen LogP contribution is -2.63. The van der Waals surface area contributed by atoms with Crippen molar-refractivity contribution >= 4 is 5.78 Å². The molecule has 6 heteroatoms. The van der Waals surface area contributed by atoms with Crippen LogP contribution in [0, 0.1) is 5.92 Å². The number of hydrogen-bond donors (Lipinski definition) is 0. The summed E-state index contributed by atoms with van der Waals surface area (Å²) in [7, 11) is 1.55. The molecule has 3 fully saturated rings. The van der Waals surface area contributed by atoms with E-state index in [0.29, 0.717) is 13.0 Å². The van der Waals surface area contributed by atoms with Crippen LogP contribution in [0.4, 0.5) is 0 Å². The third-order valence-corrected chi connectivity index (χ3v) is 4.47. The van der Waals surface area contributed by atoms with E-state index in [9.17, 15) is 4.79 Å². The van der Waals surface area contributed by atoms with E-state index in [0.717, 1.165) is 0 Å². The predicted octanol–water partition coefficient (Wildman–Crippen LogP) is 1.65. The van der Waals surface area contributed by atoms with Crippen LogP contribution in [-0.4, -0.2) is 55.0 Å². The highest BCUT2D eigenvalue weighted by molar-refractivity contribution is 5.97. The zero-order valence-corrected chi connectivity index (χ0v) is 14.2. The third kappa shape index (κ3) is 2.51. The fourth-order valence-corrected chi connectivity index (χ4v) is 3.49. The summed E-state index contributed by atoms with van der Waals surface area (Å²) in [4.78, 5) is 12.7. The number of carbonyl (C=O) groups excluding carboxylic acids is 1. The van der Waals surface area contributed by atoms with Crippen LogP contribution in [0.2, 0.25) is 0 Å². The van der Waals surface area contributed by atoms with Gasteiger partial charge in [-0.1, -0.05) is 0 Å². The van der Waals surface area contributed by atoms with Crippen LogP contribution in [0.3, 0.4) is 0 Å². The van der Waals surface area contributed by atoms with Gasteiger partial charge in [0, 0.05) is 13.0 Å². The Morgan fingerprint density at radius 3 is 2.45 bits per heavy atom. The van der Waals surface area contributed by atoms with Gasteiger partial charge in [-0.2, -0.15) is 0 Å². The molecule has 0 amide bonds. The fourth-order valence-electron chi connectivity index (χ4n) is 3.49. The Labute approximate surface area is 131 Å². The maximum absolute atomic E-state index is 12.7. The number of carbonyl (C=O) groups is 1. The van der Waals surface area contributed by atoms with Gasteiger partial charge in [0.1, 0.15) is 12.2 Å². The molecular weight excluding hydrogens is 288 g/mol. The lowest BCUT2D eigenvalue weighted by atomic mass is 9.66. The largest absolute Gasteiger partial charge is 0.375 e. The second-order valence-corrected chi connectivity index (χ2v) is 7.82. The minimum Gasteiger partial charge on any atom is -0.375 e. The van der Waals surface area contributed by atoms with Crippen molar-refractivity contribution in [3.63, 3.8) is 0 Å². The zero-order valence-electron chi connectivity index (χ0n) is 14.2. The van der Waals surface area contributed by atoms with E-state index in [1.54, 1.807) is 7.11 Å². The highest BCUT2D eigenvalue weighted by atomic mass is 16.8. The van der Waals surface area contributed by atoms with E-state index in [4.69, 9.17) is 23.7 Å². The van der Waals surface area contributed by atoms with Crippen molar-refractivity contribution in [3.05, 3.63) is 0 Å². The Bertz CT molecular complexity index is 468. The molecule has 3 aliphatic rings. The molecule has 2 heterocycles. The van der Waals surface area contributed by atoms with Crippen molar-refractivity contribution < 1.29 is 28.5 Å². The SMILES string of the molecule is COC1O[C@@]2(CC(COC(C)(C)C)C2=O)C2OC(C)(C)OC12. The first-order chi connectivity index (χ1) is 10.1. The van der Waals surface area contributed by atoms with Crippen LogP contribution < -0.4 is 0 Å². The standard InChI is InChI=1S/C16H26O6/c1-14(2,3)19-8-9-7-16(11(9)17)12-10(13(18-6)22-16)20-15(4,5)21-12/h9-10,12-13H,7-8H2,1-6H3/t9?,10?,12?,13?,16-/m1/s1. The summed E-state index contributed by atoms with van der Waals surface area (Å²) in [6, 6.07) is 0. The minimum atomic E-state index is -0.939. The molecule has 1 saturated carbocycles. The van der Waals surface area contributed by atoms with Gasteiger partial charge in [-0.3, -0.25) is 4.79 Å². The van der Waals surface area contributed by atoms with Crippen molar-refractivity contribution in [3.8, 4) is 0 Å². The molecule has 126 valence electrons. The maximum atomic E-state index is 12.7. The van der Waals surface area contributed by atoms with Crippen molar-refractivity contribution in [1.29, 1.82) is 0 Å². The Kier molecular flexibility index (Phi) is 3.70. The van der Waals surface area contributed by atoms with Gasteiger partial charge in [0.15, 0.2) is 23.5 Å². The Hall–Kier alpha value is -0.530. The van der Waals surface area contributed by atoms with Crippen LogP contribution >= 0.6 is 0 Å². The summed E-state index contributed by atoms with van der Waals surface area (Å²) in [5.41, 5.74) is -1.20. The Morgan fingerprint density at radius 2 is 1.91 bits per heavy atom. The van der Waals surface area contributed by atoms with Crippen LogP contribution in [-0.2, 0) is 28.5 Å². The first kappa shape index (κ1) is 16.3. The molecule has 5 atom stereocenters. The van der Waals surface area contributed by atoms with Gasteiger partial charge in [-0.15, -0.1) is 0 Å². The molecule has 1 spiro atoms. The van der Waals surface area contributed by atoms with Crippen LogP contribution in [0.1, 0.15) is 41.0 Å². The van der Waals surface area contributed by atoms with Gasteiger partial charge in [0.25, 0.3) is 0 Å². The summed E-state index contributed by atoms with van der Waals surface area (Å²) in [5, 5.41) is 0. The number of ketones is 1. The lowest BCUT2D eigenvalue weighted by molar-refractivity contribution is -0.261. The molecule has 2 saturated heterocycles. The van der Waals surface area contributed by atoms with E-state index in [-0.39, 0.29) is 23.4 Å². The van der Waals surface area contributed by atoms with E-state index >= 15 is 0 Å². The second kappa shape index (κ2) is 4.98. The first-order valence-electron chi connectivity index (χ1n) is 7.82. The molecule has 22 heavy (non-hydrogen) atoms. The summed E-state index contributed by atoms with van der Waals surface area (Å²) < 4.78 is 28.7. The smallest absolute Gasteiger partial charge is 0.187 e. The second-order valence-electron chi connectivity index (χ2n) is 7.82. The van der Waals surface area contributed by atoms with Crippen LogP contribution in [0.5, 0.6) is 0 Å². The van der Waals surface area contributed by atoms with Crippen molar-refractivity contribution in [1.82, 2.24) is 0 Å². The molecule has 2 aliphatic heterocycles. The molecule has 4 unspecified atom stereocenters. The van der Waals surface area contributed by atoms with Gasteiger partial charge >= 0.3 is 0 Å². The van der Waals surface area contributed by atoms with Crippen molar-refractivity contribution in [2.24, 2.45) is 5.92 Å². The maximum Gasteiger partial charge on any atom is 0.187 e. The lowest BCUT2D eigenvalue weighted by Gasteiger charge is -2.45. The summed E-state index contributed by atoms with van der Waals surface area (Å²) in [6.07, 6.45) is -0.762. The van der Waals surface area contributed by atoms with Crippen LogP contribution in [0.25, 0.3) is 0 Å². The average molecular weight is 314 g/mol. The fraction of sp³-hybridized carbons (Fsp3) is 0.938. The van der Waals surface area contributed by atoms with Crippen molar-refractivity contribution in [2.45, 2.75) is 76.5 Å². The monoisotopic (exact) mass is 314 g/mol. The van der Waals surface area contributed by atoms with Crippen LogP contribution in [0.15, 0.2) is 0 Å². The first-order valence-corrected chi connectivity index (χ1v) is 7.82. The van der Waals surface area contributed by atoms with Crippen molar-refractivity contribution in [2.75, 3.05) is 13.7 Å². The van der Waals surface area contributed by atoms with Gasteiger partial charge in [0.05, 0.1) is 12.2 Å². The summed E-state index contributed by atoms with van der Waals surface area (Å²) in [5.74, 6) is -0.841. The van der Waals surface area contributed by atoms with E-state index in [1.807, 2.05) is 34.6 Å². The molecule has 0 N–H and O–H groups in total. The number of rotatable bonds is 3. The number of ether oxygens (including phenoxy) is 5. The molecular formula is C16H26O6. The molecule has 0 aromatic carbocycles. The average Bonchev–Trinajstić information content (AvgIpc) is 2.85. The predicted molar refractivity (Wildman–Crippen MR) is 77.3 cm³/mol. The quantitative estimate of drug-likeness (QED) is 0.789. The summed E-state index contributed by atoms with van der Waals surface area (Å²) in [6.45, 7) is 10.0. The van der Waals surface area contributed by atoms with E-state index in [1.165, 1.54) is 0 Å². The van der Waals surface area contributed by atoms with Gasteiger partial charge in [-0.25, -0.2) is 0 Å². The highest BCUT2D eigenvalue weighted by Crippen LogP contribution is 2.53. The topological polar surface area (TPSA) is 63.2 Å². The number of hydrogen-bond acceptors (Lipinski definition) is 6. The number of methoxy groups -OCH3 is 1. The Morgan fingerprint density at radius 1 is 1.23 bits per heavy atom. The number of Topliss-reactive ketones (excluding diaryl/α,β-unsaturated/α-hetero) is 1. The van der Waals surface area contributed by atoms with E-state index in [2.05, 4.69) is 0 Å². The molecule has 3 rings (SSSR count). The summed E-state index contributed by atoms with van der Waals surface area (Å²) >= 11 is 0. The molecule has 0 bridgehead atoms. The van der Waals surface area contributed by atoms with Gasteiger partial charge in [-0.05, 0) is 41.0 Å². The highest BCUT2D eigenvalue weighted by Gasteiger charge is 2.72. The molecule has 1 aliphatic carbocycles. The molecule has 0 radical (unpaired) electrons. The zero-order chi connectivity index (χ0) is 16.3. The molecule has 0 aromatic heterocycles. The Balaban J connectivity index is 1.71. The molecule has 6 nitrogen and oxygen atoms in total. The third-order valence-electron chi connectivity index (χ3n) is 4.47.